The zero-order chi connectivity index (χ0) is 16.2. The van der Waals surface area contributed by atoms with Crippen molar-refractivity contribution in [3.05, 3.63) is 35.4 Å². The lowest BCUT2D eigenvalue weighted by molar-refractivity contribution is -0.0759. The third-order valence-electron chi connectivity index (χ3n) is 3.23. The molecule has 0 aliphatic carbocycles. The Balaban J connectivity index is 3.29. The lowest BCUT2D eigenvalue weighted by atomic mass is 9.83. The molecule has 0 radical (unpaired) electrons. The summed E-state index contributed by atoms with van der Waals surface area (Å²) in [4.78, 5) is 17.5. The van der Waals surface area contributed by atoms with Gasteiger partial charge in [-0.05, 0) is 30.1 Å². The van der Waals surface area contributed by atoms with Gasteiger partial charge in [0.25, 0.3) is 5.91 Å². The molecule has 1 rings (SSSR count). The van der Waals surface area contributed by atoms with Crippen LogP contribution in [0, 0.1) is 5.41 Å². The van der Waals surface area contributed by atoms with Gasteiger partial charge in [0.1, 0.15) is 0 Å². The van der Waals surface area contributed by atoms with Crippen LogP contribution in [0.3, 0.4) is 0 Å². The minimum absolute atomic E-state index is 0.0840. The summed E-state index contributed by atoms with van der Waals surface area (Å²) in [5.74, 6) is -0.156. The van der Waals surface area contributed by atoms with E-state index in [1.807, 2.05) is 24.3 Å². The van der Waals surface area contributed by atoms with Crippen molar-refractivity contribution in [1.29, 1.82) is 0 Å². The van der Waals surface area contributed by atoms with Crippen LogP contribution < -0.4 is 0 Å². The minimum atomic E-state index is -1.24. The lowest BCUT2D eigenvalue weighted by Gasteiger charge is -2.34. The molecule has 4 nitrogen and oxygen atoms in total. The van der Waals surface area contributed by atoms with E-state index in [9.17, 15) is 4.79 Å². The first-order valence-corrected chi connectivity index (χ1v) is 10.0. The summed E-state index contributed by atoms with van der Waals surface area (Å²) in [7, 11) is 1.86. The number of benzene rings is 1. The van der Waals surface area contributed by atoms with Crippen LogP contribution in [-0.4, -0.2) is 34.2 Å². The number of hydrogen-bond donors (Lipinski definition) is 0. The zero-order valence-corrected chi connectivity index (χ0v) is 15.3. The van der Waals surface area contributed by atoms with Gasteiger partial charge < -0.3 is 4.43 Å². The van der Waals surface area contributed by atoms with Crippen LogP contribution in [-0.2, 0) is 9.26 Å². The van der Waals surface area contributed by atoms with E-state index in [4.69, 9.17) is 9.26 Å². The number of hydroxylamine groups is 2. The predicted molar refractivity (Wildman–Crippen MR) is 87.7 cm³/mol. The fraction of sp³-hybridized carbons (Fsp3) is 0.562. The molecule has 0 aliphatic heterocycles. The van der Waals surface area contributed by atoms with E-state index in [0.717, 1.165) is 5.56 Å². The van der Waals surface area contributed by atoms with Crippen molar-refractivity contribution < 1.29 is 14.1 Å². The Hall–Kier alpha value is -1.17. The van der Waals surface area contributed by atoms with E-state index < -0.39 is 9.04 Å². The van der Waals surface area contributed by atoms with E-state index in [0.29, 0.717) is 5.56 Å². The average Bonchev–Trinajstić information content (AvgIpc) is 2.41. The van der Waals surface area contributed by atoms with Gasteiger partial charge in [-0.3, -0.25) is 9.63 Å². The molecule has 1 aromatic carbocycles. The number of nitrogens with zero attached hydrogens (tertiary/aromatic N) is 1. The van der Waals surface area contributed by atoms with Crippen LogP contribution >= 0.6 is 0 Å². The van der Waals surface area contributed by atoms with E-state index in [1.54, 1.807) is 7.05 Å². The molecule has 0 bridgehead atoms. The molecule has 0 N–H and O–H groups in total. The van der Waals surface area contributed by atoms with Crippen molar-refractivity contribution in [3.63, 3.8) is 0 Å². The summed E-state index contributed by atoms with van der Waals surface area (Å²) in [6, 6.07) is 7.62. The topological polar surface area (TPSA) is 38.8 Å². The van der Waals surface area contributed by atoms with Gasteiger partial charge in [0, 0.05) is 12.6 Å². The first kappa shape index (κ1) is 17.9. The summed E-state index contributed by atoms with van der Waals surface area (Å²) in [6.45, 7) is 10.7. The smallest absolute Gasteiger partial charge is 0.277 e. The maximum Gasteiger partial charge on any atom is 0.277 e. The van der Waals surface area contributed by atoms with E-state index in [1.165, 1.54) is 12.2 Å². The standard InChI is InChI=1S/C16H27NO3Si/c1-16(2,3)14(20-21(6)7)12-10-8-9-11-13(12)15(18)17(4)19-5/h8-11,14,21H,1-7H3. The maximum absolute atomic E-state index is 12.5. The summed E-state index contributed by atoms with van der Waals surface area (Å²) >= 11 is 0. The van der Waals surface area contributed by atoms with Gasteiger partial charge in [-0.2, -0.15) is 0 Å². The highest BCUT2D eigenvalue weighted by Gasteiger charge is 2.31. The molecule has 1 atom stereocenters. The molecule has 1 aromatic rings. The monoisotopic (exact) mass is 309 g/mol. The second-order valence-corrected chi connectivity index (χ2v) is 8.87. The zero-order valence-electron chi connectivity index (χ0n) is 14.1. The Kier molecular flexibility index (Phi) is 6.13. The van der Waals surface area contributed by atoms with Gasteiger partial charge in [0.15, 0.2) is 9.04 Å². The average molecular weight is 309 g/mol. The molecule has 0 saturated carbocycles. The van der Waals surface area contributed by atoms with Gasteiger partial charge in [-0.15, -0.1) is 0 Å². The van der Waals surface area contributed by atoms with Crippen LogP contribution in [0.4, 0.5) is 0 Å². The van der Waals surface area contributed by atoms with Crippen LogP contribution in [0.5, 0.6) is 0 Å². The molecule has 5 heteroatoms. The van der Waals surface area contributed by atoms with Gasteiger partial charge in [0.05, 0.1) is 13.2 Å². The first-order valence-electron chi connectivity index (χ1n) is 7.25. The fourth-order valence-corrected chi connectivity index (χ4v) is 3.29. The van der Waals surface area contributed by atoms with Crippen LogP contribution in [0.1, 0.15) is 42.8 Å². The number of rotatable bonds is 5. The highest BCUT2D eigenvalue weighted by atomic mass is 28.3. The number of amides is 1. The molecule has 1 unspecified atom stereocenters. The predicted octanol–water partition coefficient (Wildman–Crippen LogP) is 3.41. The Morgan fingerprint density at radius 1 is 1.24 bits per heavy atom. The highest BCUT2D eigenvalue weighted by Crippen LogP contribution is 2.38. The van der Waals surface area contributed by atoms with Gasteiger partial charge in [-0.1, -0.05) is 39.0 Å². The largest absolute Gasteiger partial charge is 0.413 e. The lowest BCUT2D eigenvalue weighted by Crippen LogP contribution is -2.31. The molecule has 0 aromatic heterocycles. The van der Waals surface area contributed by atoms with E-state index in [-0.39, 0.29) is 17.4 Å². The molecule has 1 amide bonds. The van der Waals surface area contributed by atoms with Crippen molar-refractivity contribution in [2.75, 3.05) is 14.2 Å². The summed E-state index contributed by atoms with van der Waals surface area (Å²) in [5, 5.41) is 1.24. The SMILES string of the molecule is CON(C)C(=O)c1ccccc1C(O[SiH](C)C)C(C)(C)C. The molecule has 0 spiro atoms. The highest BCUT2D eigenvalue weighted by molar-refractivity contribution is 6.48. The Morgan fingerprint density at radius 2 is 1.81 bits per heavy atom. The molecule has 0 aliphatic rings. The van der Waals surface area contributed by atoms with Gasteiger partial charge in [0.2, 0.25) is 0 Å². The quantitative estimate of drug-likeness (QED) is 0.618. The summed E-state index contributed by atoms with van der Waals surface area (Å²) in [6.07, 6.45) is -0.102. The van der Waals surface area contributed by atoms with Crippen molar-refractivity contribution in [2.24, 2.45) is 5.41 Å². The third-order valence-corrected chi connectivity index (χ3v) is 4.04. The maximum atomic E-state index is 12.5. The molecule has 0 saturated heterocycles. The minimum Gasteiger partial charge on any atom is -0.413 e. The second-order valence-electron chi connectivity index (χ2n) is 6.50. The van der Waals surface area contributed by atoms with Crippen LogP contribution in [0.15, 0.2) is 24.3 Å². The first-order chi connectivity index (χ1) is 9.68. The van der Waals surface area contributed by atoms with Crippen LogP contribution in [0.2, 0.25) is 13.1 Å². The fourth-order valence-electron chi connectivity index (χ4n) is 2.19. The van der Waals surface area contributed by atoms with Crippen molar-refractivity contribution in [1.82, 2.24) is 5.06 Å². The number of carbonyl (C=O) groups is 1. The van der Waals surface area contributed by atoms with Crippen LogP contribution in [0.25, 0.3) is 0 Å². The van der Waals surface area contributed by atoms with Crippen molar-refractivity contribution in [3.8, 4) is 0 Å². The summed E-state index contributed by atoms with van der Waals surface area (Å²) in [5.41, 5.74) is 1.48. The van der Waals surface area contributed by atoms with Gasteiger partial charge in [-0.25, -0.2) is 5.06 Å². The number of carbonyl (C=O) groups excluding carboxylic acids is 1. The summed E-state index contributed by atoms with van der Waals surface area (Å²) < 4.78 is 6.23. The Labute approximate surface area is 129 Å². The normalized spacial score (nSPS) is 13.3. The number of hydrogen-bond acceptors (Lipinski definition) is 3. The van der Waals surface area contributed by atoms with E-state index >= 15 is 0 Å². The van der Waals surface area contributed by atoms with Gasteiger partial charge >= 0.3 is 0 Å². The van der Waals surface area contributed by atoms with E-state index in [2.05, 4.69) is 33.9 Å². The molecule has 0 fully saturated rings. The molecule has 118 valence electrons. The third kappa shape index (κ3) is 4.66. The molecule has 0 heterocycles. The Bertz CT molecular complexity index is 483. The molecular weight excluding hydrogens is 282 g/mol. The van der Waals surface area contributed by atoms with Crippen molar-refractivity contribution in [2.45, 2.75) is 40.0 Å². The Morgan fingerprint density at radius 3 is 2.29 bits per heavy atom. The second kappa shape index (κ2) is 7.20. The molecule has 21 heavy (non-hydrogen) atoms. The molecular formula is C16H27NO3Si. The van der Waals surface area contributed by atoms with Crippen molar-refractivity contribution >= 4 is 14.9 Å².